The first kappa shape index (κ1) is 37.5. The Morgan fingerprint density at radius 3 is 2.16 bits per heavy atom. The summed E-state index contributed by atoms with van der Waals surface area (Å²) < 4.78 is 5.80. The van der Waals surface area contributed by atoms with Crippen molar-refractivity contribution in [2.45, 2.75) is 164 Å². The zero-order valence-electron chi connectivity index (χ0n) is 29.6. The fourth-order valence-electron chi connectivity index (χ4n) is 9.66. The first-order chi connectivity index (χ1) is 21.2. The van der Waals surface area contributed by atoms with E-state index in [0.29, 0.717) is 31.1 Å². The molecule has 0 bridgehead atoms. The Kier molecular flexibility index (Phi) is 13.9. The highest BCUT2D eigenvalue weighted by atomic mass is 16.5. The van der Waals surface area contributed by atoms with Crippen LogP contribution in [0.3, 0.4) is 0 Å². The highest BCUT2D eigenvalue weighted by Crippen LogP contribution is 2.67. The second-order valence-corrected chi connectivity index (χ2v) is 16.2. The van der Waals surface area contributed by atoms with Crippen LogP contribution in [0.2, 0.25) is 0 Å². The van der Waals surface area contributed by atoms with Gasteiger partial charge in [0.1, 0.15) is 17.7 Å². The number of carboxylic acids is 1. The fourth-order valence-corrected chi connectivity index (χ4v) is 9.66. The van der Waals surface area contributed by atoms with Crippen molar-refractivity contribution in [2.75, 3.05) is 0 Å². The number of esters is 1. The number of carbonyl (C=O) groups excluding carboxylic acids is 3. The van der Waals surface area contributed by atoms with E-state index in [1.807, 2.05) is 0 Å². The monoisotopic (exact) mass is 628 g/mol. The van der Waals surface area contributed by atoms with Gasteiger partial charge in [-0.3, -0.25) is 9.59 Å². The molecule has 4 aliphatic carbocycles. The third-order valence-corrected chi connectivity index (χ3v) is 12.3. The van der Waals surface area contributed by atoms with Gasteiger partial charge in [-0.2, -0.15) is 0 Å². The Balaban J connectivity index is 0.000000535. The minimum Gasteiger partial charge on any atom is -0.481 e. The van der Waals surface area contributed by atoms with Gasteiger partial charge in [0.25, 0.3) is 0 Å². The molecule has 8 unspecified atom stereocenters. The molecule has 8 atom stereocenters. The molecule has 1 N–H and O–H groups in total. The minimum atomic E-state index is -0.851. The predicted octanol–water partition coefficient (Wildman–Crippen LogP) is 9.53. The summed E-state index contributed by atoms with van der Waals surface area (Å²) in [5.74, 6) is 4.29. The Labute approximate surface area is 273 Å². The van der Waals surface area contributed by atoms with Crippen LogP contribution in [0.5, 0.6) is 0 Å². The Morgan fingerprint density at radius 2 is 1.53 bits per heavy atom. The summed E-state index contributed by atoms with van der Waals surface area (Å²) >= 11 is 0. The van der Waals surface area contributed by atoms with Crippen LogP contribution >= 0.6 is 0 Å². The number of rotatable bonds is 14. The summed E-state index contributed by atoms with van der Waals surface area (Å²) in [5.41, 5.74) is 2.33. The van der Waals surface area contributed by atoms with Gasteiger partial charge in [-0.1, -0.05) is 59.1 Å². The molecule has 0 spiro atoms. The molecule has 0 heterocycles. The van der Waals surface area contributed by atoms with E-state index in [1.54, 1.807) is 19.4 Å². The number of ketones is 2. The number of carbonyl (C=O) groups is 4. The minimum absolute atomic E-state index is 0.0316. The Hall–Kier alpha value is -1.98. The van der Waals surface area contributed by atoms with Crippen molar-refractivity contribution in [1.29, 1.82) is 0 Å². The molecule has 0 aliphatic heterocycles. The summed E-state index contributed by atoms with van der Waals surface area (Å²) in [6.45, 7) is 15.5. The van der Waals surface area contributed by atoms with E-state index >= 15 is 0 Å². The summed E-state index contributed by atoms with van der Waals surface area (Å²) in [5, 5.41) is 8.81. The SMILES string of the molecule is CC(=O)CCCC(C)=O.CC(C)CCC(C)CC1CCC2C3CC=C4CC(OC(=O)CCCC(=O)O)CCC4(C)C3CCC12C. The number of aliphatic carboxylic acids is 1. The van der Waals surface area contributed by atoms with Crippen molar-refractivity contribution in [1.82, 2.24) is 0 Å². The van der Waals surface area contributed by atoms with Crippen LogP contribution in [-0.4, -0.2) is 34.7 Å². The molecule has 0 saturated heterocycles. The number of fused-ring (bicyclic) bond motifs is 5. The fraction of sp³-hybridized carbons (Fsp3) is 0.846. The maximum Gasteiger partial charge on any atom is 0.306 e. The average molecular weight is 629 g/mol. The number of hydrogen-bond donors (Lipinski definition) is 1. The van der Waals surface area contributed by atoms with E-state index in [2.05, 4.69) is 40.7 Å². The molecular weight excluding hydrogens is 564 g/mol. The number of carboxylic acid groups (broad SMARTS) is 1. The molecule has 0 aromatic carbocycles. The van der Waals surface area contributed by atoms with Gasteiger partial charge < -0.3 is 19.4 Å². The maximum absolute atomic E-state index is 12.3. The van der Waals surface area contributed by atoms with Crippen LogP contribution in [0.25, 0.3) is 0 Å². The van der Waals surface area contributed by atoms with Gasteiger partial charge in [0.05, 0.1) is 0 Å². The van der Waals surface area contributed by atoms with Crippen molar-refractivity contribution >= 4 is 23.5 Å². The van der Waals surface area contributed by atoms with E-state index in [-0.39, 0.29) is 41.9 Å². The summed E-state index contributed by atoms with van der Waals surface area (Å²) in [4.78, 5) is 43.6. The quantitative estimate of drug-likeness (QED) is 0.152. The lowest BCUT2D eigenvalue weighted by Gasteiger charge is -2.58. The average Bonchev–Trinajstić information content (AvgIpc) is 3.27. The molecule has 4 rings (SSSR count). The molecule has 0 radical (unpaired) electrons. The molecule has 45 heavy (non-hydrogen) atoms. The van der Waals surface area contributed by atoms with Crippen LogP contribution in [0.4, 0.5) is 0 Å². The molecule has 256 valence electrons. The molecule has 0 aromatic heterocycles. The zero-order chi connectivity index (χ0) is 33.4. The van der Waals surface area contributed by atoms with Crippen molar-refractivity contribution in [3.8, 4) is 0 Å². The van der Waals surface area contributed by atoms with Crippen LogP contribution in [0, 0.1) is 46.3 Å². The van der Waals surface area contributed by atoms with Gasteiger partial charge >= 0.3 is 11.9 Å². The molecule has 3 saturated carbocycles. The van der Waals surface area contributed by atoms with Crippen molar-refractivity contribution in [3.05, 3.63) is 11.6 Å². The lowest BCUT2D eigenvalue weighted by molar-refractivity contribution is -0.151. The summed E-state index contributed by atoms with van der Waals surface area (Å²) in [6, 6.07) is 0. The van der Waals surface area contributed by atoms with Crippen molar-refractivity contribution in [3.63, 3.8) is 0 Å². The molecule has 4 aliphatic rings. The molecule has 0 amide bonds. The van der Waals surface area contributed by atoms with Crippen LogP contribution in [0.15, 0.2) is 11.6 Å². The van der Waals surface area contributed by atoms with E-state index in [0.717, 1.165) is 54.8 Å². The first-order valence-electron chi connectivity index (χ1n) is 18.2. The highest BCUT2D eigenvalue weighted by molar-refractivity contribution is 5.78. The standard InChI is InChI=1S/C32H52O4.C7H12O2/c1-21(2)9-10-22(3)19-23-12-14-27-26-13-11-24-20-25(36-30(35)8-6-7-29(33)34)15-17-31(24,4)28(26)16-18-32(23,27)5;1-6(8)4-3-5-7(2)9/h11,21-23,25-28H,6-10,12-20H2,1-5H3,(H,33,34);3-5H2,1-2H3. The molecular formula is C39H64O6. The zero-order valence-corrected chi connectivity index (χ0v) is 29.6. The van der Waals surface area contributed by atoms with E-state index in [9.17, 15) is 19.2 Å². The third kappa shape index (κ3) is 10.3. The highest BCUT2D eigenvalue weighted by Gasteiger charge is 2.58. The number of hydrogen-bond acceptors (Lipinski definition) is 5. The van der Waals surface area contributed by atoms with Gasteiger partial charge in [0, 0.05) is 32.1 Å². The van der Waals surface area contributed by atoms with Gasteiger partial charge in [0.15, 0.2) is 0 Å². The molecule has 6 heteroatoms. The summed E-state index contributed by atoms with van der Waals surface area (Å²) in [7, 11) is 0. The topological polar surface area (TPSA) is 97.7 Å². The normalized spacial score (nSPS) is 32.6. The number of ether oxygens (including phenoxy) is 1. The smallest absolute Gasteiger partial charge is 0.306 e. The van der Waals surface area contributed by atoms with E-state index in [4.69, 9.17) is 9.84 Å². The van der Waals surface area contributed by atoms with E-state index < -0.39 is 5.97 Å². The van der Waals surface area contributed by atoms with Gasteiger partial charge in [-0.15, -0.1) is 0 Å². The second kappa shape index (κ2) is 16.7. The lowest BCUT2D eigenvalue weighted by Crippen LogP contribution is -2.50. The third-order valence-electron chi connectivity index (χ3n) is 12.3. The summed E-state index contributed by atoms with van der Waals surface area (Å²) in [6.07, 6.45) is 18.9. The number of Topliss-reactive ketones (excluding diaryl/α,β-unsaturated/α-hetero) is 2. The molecule has 3 fully saturated rings. The van der Waals surface area contributed by atoms with Crippen LogP contribution in [-0.2, 0) is 23.9 Å². The first-order valence-corrected chi connectivity index (χ1v) is 18.2. The predicted molar refractivity (Wildman–Crippen MR) is 180 cm³/mol. The Bertz CT molecular complexity index is 1050. The number of allylic oxidation sites excluding steroid dienone is 1. The van der Waals surface area contributed by atoms with Gasteiger partial charge in [-0.25, -0.2) is 0 Å². The second-order valence-electron chi connectivity index (χ2n) is 16.2. The van der Waals surface area contributed by atoms with Crippen LogP contribution < -0.4 is 0 Å². The van der Waals surface area contributed by atoms with Gasteiger partial charge in [-0.05, 0) is 124 Å². The largest absolute Gasteiger partial charge is 0.481 e. The van der Waals surface area contributed by atoms with Crippen molar-refractivity contribution in [2.24, 2.45) is 46.3 Å². The lowest BCUT2D eigenvalue weighted by atomic mass is 9.47. The molecule has 0 aromatic rings. The van der Waals surface area contributed by atoms with E-state index in [1.165, 1.54) is 51.4 Å². The maximum atomic E-state index is 12.3. The van der Waals surface area contributed by atoms with Crippen LogP contribution in [0.1, 0.15) is 158 Å². The van der Waals surface area contributed by atoms with Gasteiger partial charge in [0.2, 0.25) is 0 Å². The van der Waals surface area contributed by atoms with Crippen molar-refractivity contribution < 1.29 is 29.0 Å². The Morgan fingerprint density at radius 1 is 0.867 bits per heavy atom. The molecule has 6 nitrogen and oxygen atoms in total.